The van der Waals surface area contributed by atoms with E-state index in [2.05, 4.69) is 15.6 Å². The molecular formula is C20H24F5N5O2. The Morgan fingerprint density at radius 3 is 2.62 bits per heavy atom. The van der Waals surface area contributed by atoms with Gasteiger partial charge in [0.1, 0.15) is 5.82 Å². The van der Waals surface area contributed by atoms with Gasteiger partial charge >= 0.3 is 12.2 Å². The zero-order valence-corrected chi connectivity index (χ0v) is 17.3. The van der Waals surface area contributed by atoms with Crippen molar-refractivity contribution >= 4 is 11.7 Å². The molecule has 2 unspecified atom stereocenters. The summed E-state index contributed by atoms with van der Waals surface area (Å²) in [6.07, 6.45) is -2.64. The van der Waals surface area contributed by atoms with Gasteiger partial charge in [-0.3, -0.25) is 0 Å². The van der Waals surface area contributed by atoms with Crippen molar-refractivity contribution in [3.8, 4) is 0 Å². The first-order valence-corrected chi connectivity index (χ1v) is 10.00. The Balaban J connectivity index is 1.46. The van der Waals surface area contributed by atoms with E-state index in [-0.39, 0.29) is 12.5 Å². The highest BCUT2D eigenvalue weighted by Crippen LogP contribution is 2.40. The van der Waals surface area contributed by atoms with Crippen LogP contribution in [0.4, 0.5) is 32.4 Å². The number of alkyl halides is 3. The lowest BCUT2D eigenvalue weighted by Gasteiger charge is -2.30. The van der Waals surface area contributed by atoms with Crippen molar-refractivity contribution in [2.24, 2.45) is 13.0 Å². The van der Waals surface area contributed by atoms with E-state index in [1.54, 1.807) is 0 Å². The number of benzene rings is 1. The summed E-state index contributed by atoms with van der Waals surface area (Å²) in [5, 5.41) is 15.2. The molecule has 2 amide bonds. The number of hydrogen-bond donors (Lipinski definition) is 3. The van der Waals surface area contributed by atoms with Crippen LogP contribution >= 0.6 is 0 Å². The van der Waals surface area contributed by atoms with Crippen LogP contribution in [-0.4, -0.2) is 53.0 Å². The van der Waals surface area contributed by atoms with E-state index in [0.29, 0.717) is 25.2 Å². The van der Waals surface area contributed by atoms with Crippen molar-refractivity contribution < 1.29 is 31.9 Å². The highest BCUT2D eigenvalue weighted by molar-refractivity contribution is 5.73. The summed E-state index contributed by atoms with van der Waals surface area (Å²) in [6.45, 7) is 0.939. The lowest BCUT2D eigenvalue weighted by molar-refractivity contribution is -0.272. The number of imidazole rings is 1. The highest BCUT2D eigenvalue weighted by atomic mass is 19.4. The van der Waals surface area contributed by atoms with Gasteiger partial charge in [-0.1, -0.05) is 0 Å². The maximum atomic E-state index is 13.5. The molecule has 3 rings (SSSR count). The SMILES string of the molecule is Cn1ccnc1C(O)(CCNC(=O)NCC1CCN(c2ccc(F)c(F)c2)C1)C(F)(F)F. The topological polar surface area (TPSA) is 82.4 Å². The molecule has 1 aliphatic heterocycles. The summed E-state index contributed by atoms with van der Waals surface area (Å²) in [4.78, 5) is 17.5. The average molecular weight is 461 g/mol. The van der Waals surface area contributed by atoms with Crippen molar-refractivity contribution in [1.82, 2.24) is 20.2 Å². The molecule has 0 spiro atoms. The highest BCUT2D eigenvalue weighted by Gasteiger charge is 2.57. The number of nitrogens with one attached hydrogen (secondary N) is 2. The second-order valence-corrected chi connectivity index (χ2v) is 7.81. The first-order chi connectivity index (χ1) is 15.0. The molecule has 0 aliphatic carbocycles. The van der Waals surface area contributed by atoms with Crippen LogP contribution < -0.4 is 15.5 Å². The van der Waals surface area contributed by atoms with Crippen LogP contribution in [-0.2, 0) is 12.6 Å². The maximum Gasteiger partial charge on any atom is 0.424 e. The monoisotopic (exact) mass is 461 g/mol. The number of aromatic nitrogens is 2. The molecular weight excluding hydrogens is 437 g/mol. The van der Waals surface area contributed by atoms with Gasteiger partial charge in [-0.2, -0.15) is 13.2 Å². The van der Waals surface area contributed by atoms with Crippen molar-refractivity contribution in [3.05, 3.63) is 48.1 Å². The molecule has 1 aromatic heterocycles. The quantitative estimate of drug-likeness (QED) is 0.554. The Hall–Kier alpha value is -2.89. The molecule has 1 fully saturated rings. The molecule has 32 heavy (non-hydrogen) atoms. The predicted octanol–water partition coefficient (Wildman–Crippen LogP) is 2.66. The molecule has 7 nitrogen and oxygen atoms in total. The number of hydrogen-bond acceptors (Lipinski definition) is 4. The van der Waals surface area contributed by atoms with Crippen LogP contribution in [0.5, 0.6) is 0 Å². The summed E-state index contributed by atoms with van der Waals surface area (Å²) in [7, 11) is 1.34. The fourth-order valence-corrected chi connectivity index (χ4v) is 3.72. The standard InChI is InChI=1S/C20H24F5N5O2/c1-29-9-7-26-17(29)19(32,20(23,24)25)5-6-27-18(31)28-11-13-4-8-30(12-13)14-2-3-15(21)16(22)10-14/h2-3,7,9-10,13,32H,4-6,8,11-12H2,1H3,(H2,27,28,31). The number of aliphatic hydroxyl groups is 1. The normalized spacial score (nSPS) is 18.5. The largest absolute Gasteiger partial charge is 0.424 e. The Bertz CT molecular complexity index is 951. The molecule has 2 heterocycles. The fraction of sp³-hybridized carbons (Fsp3) is 0.500. The van der Waals surface area contributed by atoms with Crippen molar-refractivity contribution in [2.75, 3.05) is 31.1 Å². The van der Waals surface area contributed by atoms with Gasteiger partial charge in [-0.05, 0) is 24.5 Å². The van der Waals surface area contributed by atoms with E-state index in [1.165, 1.54) is 19.3 Å². The number of anilines is 1. The van der Waals surface area contributed by atoms with Crippen LogP contribution in [0, 0.1) is 17.6 Å². The van der Waals surface area contributed by atoms with Crippen LogP contribution in [0.15, 0.2) is 30.6 Å². The van der Waals surface area contributed by atoms with E-state index in [1.807, 2.05) is 4.90 Å². The van der Waals surface area contributed by atoms with Gasteiger partial charge in [0.2, 0.25) is 5.60 Å². The average Bonchev–Trinajstić information content (AvgIpc) is 3.37. The molecule has 176 valence electrons. The number of carbonyl (C=O) groups is 1. The van der Waals surface area contributed by atoms with Crippen molar-refractivity contribution in [2.45, 2.75) is 24.6 Å². The lowest BCUT2D eigenvalue weighted by atomic mass is 9.97. The van der Waals surface area contributed by atoms with E-state index >= 15 is 0 Å². The first kappa shape index (κ1) is 23.8. The summed E-state index contributed by atoms with van der Waals surface area (Å²) in [6, 6.07) is 2.98. The van der Waals surface area contributed by atoms with E-state index < -0.39 is 48.2 Å². The van der Waals surface area contributed by atoms with E-state index in [9.17, 15) is 31.9 Å². The van der Waals surface area contributed by atoms with E-state index in [4.69, 9.17) is 0 Å². The van der Waals surface area contributed by atoms with Crippen molar-refractivity contribution in [3.63, 3.8) is 0 Å². The molecule has 12 heteroatoms. The number of carbonyl (C=O) groups excluding carboxylic acids is 1. The molecule has 1 saturated heterocycles. The lowest BCUT2D eigenvalue weighted by Crippen LogP contribution is -2.48. The summed E-state index contributed by atoms with van der Waals surface area (Å²) >= 11 is 0. The molecule has 1 aliphatic rings. The number of aryl methyl sites for hydroxylation is 1. The van der Waals surface area contributed by atoms with Gasteiger partial charge in [0.15, 0.2) is 11.6 Å². The second kappa shape index (κ2) is 9.31. The zero-order chi connectivity index (χ0) is 23.5. The van der Waals surface area contributed by atoms with E-state index in [0.717, 1.165) is 22.9 Å². The minimum atomic E-state index is -4.97. The van der Waals surface area contributed by atoms with Gasteiger partial charge in [0.05, 0.1) is 0 Å². The van der Waals surface area contributed by atoms with Gasteiger partial charge < -0.3 is 25.2 Å². The van der Waals surface area contributed by atoms with Crippen LogP contribution in [0.25, 0.3) is 0 Å². The molecule has 2 atom stereocenters. The molecule has 0 radical (unpaired) electrons. The predicted molar refractivity (Wildman–Crippen MR) is 106 cm³/mol. The van der Waals surface area contributed by atoms with Gasteiger partial charge in [0.25, 0.3) is 0 Å². The third-order valence-electron chi connectivity index (χ3n) is 5.54. The maximum absolute atomic E-state index is 13.5. The number of nitrogens with zero attached hydrogens (tertiary/aromatic N) is 3. The molecule has 2 aromatic rings. The Kier molecular flexibility index (Phi) is 6.91. The Morgan fingerprint density at radius 2 is 2.00 bits per heavy atom. The van der Waals surface area contributed by atoms with Gasteiger partial charge in [-0.25, -0.2) is 18.6 Å². The van der Waals surface area contributed by atoms with Crippen LogP contribution in [0.1, 0.15) is 18.7 Å². The van der Waals surface area contributed by atoms with Crippen molar-refractivity contribution in [1.29, 1.82) is 0 Å². The second-order valence-electron chi connectivity index (χ2n) is 7.81. The summed E-state index contributed by atoms with van der Waals surface area (Å²) < 4.78 is 68.0. The minimum Gasteiger partial charge on any atom is -0.374 e. The molecule has 0 bridgehead atoms. The fourth-order valence-electron chi connectivity index (χ4n) is 3.72. The number of halogens is 5. The van der Waals surface area contributed by atoms with Crippen LogP contribution in [0.3, 0.4) is 0 Å². The minimum absolute atomic E-state index is 0.0357. The first-order valence-electron chi connectivity index (χ1n) is 10.00. The molecule has 3 N–H and O–H groups in total. The van der Waals surface area contributed by atoms with Gasteiger partial charge in [0, 0.05) is 63.8 Å². The zero-order valence-electron chi connectivity index (χ0n) is 17.3. The molecule has 0 saturated carbocycles. The Morgan fingerprint density at radius 1 is 1.25 bits per heavy atom. The number of rotatable bonds is 7. The third kappa shape index (κ3) is 5.12. The summed E-state index contributed by atoms with van der Waals surface area (Å²) in [5.41, 5.74) is -2.66. The number of urea groups is 1. The Labute approximate surface area is 181 Å². The smallest absolute Gasteiger partial charge is 0.374 e. The number of amides is 2. The third-order valence-corrected chi connectivity index (χ3v) is 5.54. The van der Waals surface area contributed by atoms with Crippen LogP contribution in [0.2, 0.25) is 0 Å². The summed E-state index contributed by atoms with van der Waals surface area (Å²) in [5.74, 6) is -2.39. The molecule has 1 aromatic carbocycles. The van der Waals surface area contributed by atoms with Gasteiger partial charge in [-0.15, -0.1) is 0 Å².